The van der Waals surface area contributed by atoms with Crippen molar-refractivity contribution in [3.8, 4) is 0 Å². The zero-order valence-electron chi connectivity index (χ0n) is 12.2. The number of carbonyl (C=O) groups is 2. The molecule has 1 heterocycles. The Hall–Kier alpha value is -1.30. The number of aliphatic hydroxyl groups excluding tert-OH is 1. The molecule has 0 aliphatic carbocycles. The Labute approximate surface area is 139 Å². The first kappa shape index (κ1) is 17.1. The molecule has 1 aliphatic rings. The molecule has 2 atom stereocenters. The van der Waals surface area contributed by atoms with E-state index in [1.807, 2.05) is 0 Å². The molecule has 1 saturated heterocycles. The topological polar surface area (TPSA) is 69.6 Å². The summed E-state index contributed by atoms with van der Waals surface area (Å²) < 4.78 is 0. The van der Waals surface area contributed by atoms with Crippen LogP contribution in [0, 0.1) is 0 Å². The van der Waals surface area contributed by atoms with Gasteiger partial charge in [0.1, 0.15) is 0 Å². The summed E-state index contributed by atoms with van der Waals surface area (Å²) in [5, 5.41) is 13.8. The van der Waals surface area contributed by atoms with Crippen molar-refractivity contribution in [1.29, 1.82) is 0 Å². The fourth-order valence-electron chi connectivity index (χ4n) is 2.51. The van der Waals surface area contributed by atoms with E-state index in [0.29, 0.717) is 28.7 Å². The lowest BCUT2D eigenvalue weighted by Crippen LogP contribution is -2.38. The average molecular weight is 345 g/mol. The van der Waals surface area contributed by atoms with Crippen LogP contribution in [-0.4, -0.2) is 41.0 Å². The Kier molecular flexibility index (Phi) is 5.67. The highest BCUT2D eigenvalue weighted by atomic mass is 35.5. The second-order valence-electron chi connectivity index (χ2n) is 5.44. The number of nitrogens with one attached hydrogen (secondary N) is 1. The molecule has 5 nitrogen and oxygen atoms in total. The summed E-state index contributed by atoms with van der Waals surface area (Å²) >= 11 is 11.8. The van der Waals surface area contributed by atoms with Crippen molar-refractivity contribution in [2.75, 3.05) is 13.1 Å². The van der Waals surface area contributed by atoms with Crippen LogP contribution in [0.5, 0.6) is 0 Å². The number of hydrogen-bond acceptors (Lipinski definition) is 3. The van der Waals surface area contributed by atoms with E-state index in [2.05, 4.69) is 5.32 Å². The van der Waals surface area contributed by atoms with Gasteiger partial charge in [0.2, 0.25) is 11.8 Å². The number of benzene rings is 1. The van der Waals surface area contributed by atoms with Crippen molar-refractivity contribution in [2.45, 2.75) is 31.9 Å². The van der Waals surface area contributed by atoms with E-state index < -0.39 is 6.10 Å². The molecular formula is C15H18Cl2N2O3. The van der Waals surface area contributed by atoms with Crippen LogP contribution in [0.15, 0.2) is 18.2 Å². The van der Waals surface area contributed by atoms with Crippen molar-refractivity contribution in [1.82, 2.24) is 10.2 Å². The quantitative estimate of drug-likeness (QED) is 0.879. The number of nitrogens with zero attached hydrogens (tertiary/aromatic N) is 1. The van der Waals surface area contributed by atoms with Crippen molar-refractivity contribution < 1.29 is 14.7 Å². The van der Waals surface area contributed by atoms with E-state index in [-0.39, 0.29) is 24.3 Å². The molecule has 0 spiro atoms. The SMILES string of the molecule is CC(=O)N1CCC(NC(=O)CC(O)c2cc(Cl)cc(Cl)c2)C1. The number of likely N-dealkylation sites (tertiary alicyclic amines) is 1. The van der Waals surface area contributed by atoms with Crippen LogP contribution >= 0.6 is 23.2 Å². The van der Waals surface area contributed by atoms with Gasteiger partial charge >= 0.3 is 0 Å². The summed E-state index contributed by atoms with van der Waals surface area (Å²) in [4.78, 5) is 24.9. The molecule has 2 amide bonds. The van der Waals surface area contributed by atoms with Crippen LogP contribution < -0.4 is 5.32 Å². The Morgan fingerprint density at radius 1 is 1.36 bits per heavy atom. The number of carbonyl (C=O) groups excluding carboxylic acids is 2. The molecule has 0 saturated carbocycles. The second kappa shape index (κ2) is 7.31. The molecule has 0 radical (unpaired) electrons. The van der Waals surface area contributed by atoms with Crippen LogP contribution in [0.3, 0.4) is 0 Å². The Bertz CT molecular complexity index is 560. The zero-order chi connectivity index (χ0) is 16.3. The summed E-state index contributed by atoms with van der Waals surface area (Å²) in [6, 6.07) is 4.66. The van der Waals surface area contributed by atoms with E-state index >= 15 is 0 Å². The molecule has 120 valence electrons. The highest BCUT2D eigenvalue weighted by molar-refractivity contribution is 6.34. The van der Waals surface area contributed by atoms with Crippen LogP contribution in [0.1, 0.15) is 31.4 Å². The van der Waals surface area contributed by atoms with Gasteiger partial charge in [-0.1, -0.05) is 23.2 Å². The van der Waals surface area contributed by atoms with E-state index in [9.17, 15) is 14.7 Å². The number of halogens is 2. The molecule has 0 aromatic heterocycles. The third kappa shape index (κ3) is 4.60. The molecule has 1 aromatic carbocycles. The number of rotatable bonds is 4. The van der Waals surface area contributed by atoms with E-state index in [0.717, 1.165) is 6.42 Å². The van der Waals surface area contributed by atoms with E-state index in [4.69, 9.17) is 23.2 Å². The fourth-order valence-corrected chi connectivity index (χ4v) is 3.05. The lowest BCUT2D eigenvalue weighted by atomic mass is 10.1. The van der Waals surface area contributed by atoms with Gasteiger partial charge in [-0.2, -0.15) is 0 Å². The maximum Gasteiger partial charge on any atom is 0.223 e. The smallest absolute Gasteiger partial charge is 0.223 e. The van der Waals surface area contributed by atoms with Crippen molar-refractivity contribution in [2.24, 2.45) is 0 Å². The summed E-state index contributed by atoms with van der Waals surface area (Å²) in [7, 11) is 0. The van der Waals surface area contributed by atoms with Crippen molar-refractivity contribution >= 4 is 35.0 Å². The van der Waals surface area contributed by atoms with Gasteiger partial charge in [0.25, 0.3) is 0 Å². The lowest BCUT2D eigenvalue weighted by Gasteiger charge is -2.17. The van der Waals surface area contributed by atoms with Crippen LogP contribution in [0.25, 0.3) is 0 Å². The van der Waals surface area contributed by atoms with Crippen molar-refractivity contribution in [3.05, 3.63) is 33.8 Å². The van der Waals surface area contributed by atoms with Gasteiger partial charge in [-0.15, -0.1) is 0 Å². The zero-order valence-corrected chi connectivity index (χ0v) is 13.7. The van der Waals surface area contributed by atoms with E-state index in [1.54, 1.807) is 23.1 Å². The molecule has 2 N–H and O–H groups in total. The Morgan fingerprint density at radius 3 is 2.55 bits per heavy atom. The molecule has 22 heavy (non-hydrogen) atoms. The Balaban J connectivity index is 1.88. The highest BCUT2D eigenvalue weighted by Gasteiger charge is 2.26. The van der Waals surface area contributed by atoms with Gasteiger partial charge < -0.3 is 15.3 Å². The van der Waals surface area contributed by atoms with E-state index in [1.165, 1.54) is 6.92 Å². The molecule has 1 aliphatic heterocycles. The monoisotopic (exact) mass is 344 g/mol. The van der Waals surface area contributed by atoms with Crippen molar-refractivity contribution in [3.63, 3.8) is 0 Å². The molecule has 1 aromatic rings. The first-order chi connectivity index (χ1) is 10.3. The molecule has 2 rings (SSSR count). The van der Waals surface area contributed by atoms with Gasteiger partial charge in [-0.05, 0) is 30.2 Å². The lowest BCUT2D eigenvalue weighted by molar-refractivity contribution is -0.128. The summed E-state index contributed by atoms with van der Waals surface area (Å²) in [6.45, 7) is 2.67. The standard InChI is InChI=1S/C15H18Cl2N2O3/c1-9(20)19-3-2-13(8-19)18-15(22)7-14(21)10-4-11(16)6-12(17)5-10/h4-6,13-14,21H,2-3,7-8H2,1H3,(H,18,22). The normalized spacial score (nSPS) is 19.1. The highest BCUT2D eigenvalue weighted by Crippen LogP contribution is 2.25. The summed E-state index contributed by atoms with van der Waals surface area (Å²) in [6.07, 6.45) is -0.320. The molecule has 0 bridgehead atoms. The average Bonchev–Trinajstić information content (AvgIpc) is 2.86. The summed E-state index contributed by atoms with van der Waals surface area (Å²) in [5.41, 5.74) is 0.504. The summed E-state index contributed by atoms with van der Waals surface area (Å²) in [5.74, 6) is -0.260. The minimum Gasteiger partial charge on any atom is -0.388 e. The molecule has 7 heteroatoms. The minimum atomic E-state index is -0.971. The number of hydrogen-bond donors (Lipinski definition) is 2. The molecule has 1 fully saturated rings. The van der Waals surface area contributed by atoms with Gasteiger partial charge in [0.05, 0.1) is 12.5 Å². The van der Waals surface area contributed by atoms with Gasteiger partial charge in [0.15, 0.2) is 0 Å². The first-order valence-electron chi connectivity index (χ1n) is 7.04. The molecular weight excluding hydrogens is 327 g/mol. The maximum absolute atomic E-state index is 12.0. The predicted molar refractivity (Wildman–Crippen MR) is 84.8 cm³/mol. The first-order valence-corrected chi connectivity index (χ1v) is 7.79. The molecule has 2 unspecified atom stereocenters. The minimum absolute atomic E-state index is 0.00496. The third-order valence-electron chi connectivity index (χ3n) is 3.65. The van der Waals surface area contributed by atoms with Crippen LogP contribution in [0.4, 0.5) is 0 Å². The maximum atomic E-state index is 12.0. The third-order valence-corrected chi connectivity index (χ3v) is 4.08. The van der Waals surface area contributed by atoms with Crippen LogP contribution in [0.2, 0.25) is 10.0 Å². The fraction of sp³-hybridized carbons (Fsp3) is 0.467. The van der Waals surface area contributed by atoms with Gasteiger partial charge in [0, 0.05) is 36.1 Å². The second-order valence-corrected chi connectivity index (χ2v) is 6.31. The Morgan fingerprint density at radius 2 is 2.00 bits per heavy atom. The predicted octanol–water partition coefficient (Wildman–Crippen LogP) is 2.15. The van der Waals surface area contributed by atoms with Gasteiger partial charge in [-0.3, -0.25) is 9.59 Å². The van der Waals surface area contributed by atoms with Crippen LogP contribution in [-0.2, 0) is 9.59 Å². The number of amides is 2. The van der Waals surface area contributed by atoms with Gasteiger partial charge in [-0.25, -0.2) is 0 Å². The largest absolute Gasteiger partial charge is 0.388 e. The number of aliphatic hydroxyl groups is 1.